The van der Waals surface area contributed by atoms with Crippen LogP contribution >= 0.6 is 0 Å². The molecule has 4 nitrogen and oxygen atoms in total. The second-order valence-electron chi connectivity index (χ2n) is 3.12. The molecule has 0 aromatic rings. The Balaban J connectivity index is 2.22. The number of carbonyl (C=O) groups excluding carboxylic acids is 2. The molecule has 13 heavy (non-hydrogen) atoms. The van der Waals surface area contributed by atoms with Gasteiger partial charge in [0.1, 0.15) is 5.78 Å². The zero-order valence-electron chi connectivity index (χ0n) is 7.91. The minimum absolute atomic E-state index is 0.197. The second kappa shape index (κ2) is 4.97. The molecular formula is C9H15NO3. The lowest BCUT2D eigenvalue weighted by Crippen LogP contribution is -2.38. The third-order valence-corrected chi connectivity index (χ3v) is 2.07. The first kappa shape index (κ1) is 10.2. The van der Waals surface area contributed by atoms with Crippen molar-refractivity contribution in [2.24, 2.45) is 0 Å². The summed E-state index contributed by atoms with van der Waals surface area (Å²) in [6.07, 6.45) is 1.14. The van der Waals surface area contributed by atoms with Crippen LogP contribution in [-0.4, -0.2) is 42.9 Å². The number of rotatable bonds is 3. The first-order chi connectivity index (χ1) is 6.22. The Morgan fingerprint density at radius 2 is 2.08 bits per heavy atom. The van der Waals surface area contributed by atoms with Gasteiger partial charge >= 0.3 is 5.97 Å². The largest absolute Gasteiger partial charge is 0.465 e. The van der Waals surface area contributed by atoms with Crippen LogP contribution in [-0.2, 0) is 14.3 Å². The molecule has 0 aromatic carbocycles. The van der Waals surface area contributed by atoms with Crippen molar-refractivity contribution >= 4 is 11.8 Å². The maximum absolute atomic E-state index is 11.0. The third kappa shape index (κ3) is 3.55. The molecule has 0 aromatic heterocycles. The van der Waals surface area contributed by atoms with Crippen molar-refractivity contribution in [2.45, 2.75) is 19.8 Å². The third-order valence-electron chi connectivity index (χ3n) is 2.07. The van der Waals surface area contributed by atoms with Gasteiger partial charge in [-0.05, 0) is 6.92 Å². The molecule has 0 radical (unpaired) electrons. The number of hydrogen-bond acceptors (Lipinski definition) is 4. The van der Waals surface area contributed by atoms with Gasteiger partial charge in [0, 0.05) is 25.9 Å². The molecule has 74 valence electrons. The highest BCUT2D eigenvalue weighted by Gasteiger charge is 2.18. The van der Waals surface area contributed by atoms with Gasteiger partial charge in [0.05, 0.1) is 13.2 Å². The van der Waals surface area contributed by atoms with E-state index in [1.54, 1.807) is 6.92 Å². The average Bonchev–Trinajstić information content (AvgIpc) is 2.09. The highest BCUT2D eigenvalue weighted by atomic mass is 16.5. The number of piperidine rings is 1. The van der Waals surface area contributed by atoms with Gasteiger partial charge in [0.25, 0.3) is 0 Å². The highest BCUT2D eigenvalue weighted by Crippen LogP contribution is 2.04. The molecule has 1 saturated heterocycles. The molecule has 0 atom stereocenters. The predicted octanol–water partition coefficient (Wildman–Crippen LogP) is 0.214. The van der Waals surface area contributed by atoms with E-state index in [-0.39, 0.29) is 5.97 Å². The molecule has 0 bridgehead atoms. The van der Waals surface area contributed by atoms with E-state index in [2.05, 4.69) is 0 Å². The molecule has 4 heteroatoms. The number of ether oxygens (including phenoxy) is 1. The molecule has 0 spiro atoms. The van der Waals surface area contributed by atoms with Crippen molar-refractivity contribution in [1.82, 2.24) is 4.90 Å². The molecule has 1 aliphatic rings. The van der Waals surface area contributed by atoms with E-state index in [9.17, 15) is 9.59 Å². The molecular weight excluding hydrogens is 170 g/mol. The van der Waals surface area contributed by atoms with E-state index in [4.69, 9.17) is 4.74 Å². The number of nitrogens with zero attached hydrogens (tertiary/aromatic N) is 1. The SMILES string of the molecule is CCOC(=O)CN1CCC(=O)CC1. The monoisotopic (exact) mass is 185 g/mol. The quantitative estimate of drug-likeness (QED) is 0.590. The van der Waals surface area contributed by atoms with Crippen LogP contribution in [0.2, 0.25) is 0 Å². The van der Waals surface area contributed by atoms with Crippen LogP contribution in [0.5, 0.6) is 0 Å². The maximum Gasteiger partial charge on any atom is 0.320 e. The Labute approximate surface area is 77.8 Å². The molecule has 1 rings (SSSR count). The maximum atomic E-state index is 11.0. The van der Waals surface area contributed by atoms with E-state index in [1.165, 1.54) is 0 Å². The van der Waals surface area contributed by atoms with E-state index in [0.717, 1.165) is 0 Å². The van der Waals surface area contributed by atoms with Gasteiger partial charge in [-0.25, -0.2) is 0 Å². The van der Waals surface area contributed by atoms with Crippen molar-refractivity contribution < 1.29 is 14.3 Å². The Morgan fingerprint density at radius 3 is 2.62 bits per heavy atom. The van der Waals surface area contributed by atoms with E-state index < -0.39 is 0 Å². The van der Waals surface area contributed by atoms with Gasteiger partial charge in [0.2, 0.25) is 0 Å². The summed E-state index contributed by atoms with van der Waals surface area (Å²) in [6.45, 7) is 3.92. The first-order valence-corrected chi connectivity index (χ1v) is 4.62. The molecule has 0 saturated carbocycles. The van der Waals surface area contributed by atoms with Crippen molar-refractivity contribution in [2.75, 3.05) is 26.2 Å². The number of ketones is 1. The lowest BCUT2D eigenvalue weighted by atomic mass is 10.1. The number of esters is 1. The molecule has 0 amide bonds. The van der Waals surface area contributed by atoms with Gasteiger partial charge < -0.3 is 4.74 Å². The van der Waals surface area contributed by atoms with Crippen LogP contribution in [0.25, 0.3) is 0 Å². The molecule has 0 aliphatic carbocycles. The number of Topliss-reactive ketones (excluding diaryl/α,β-unsaturated/α-hetero) is 1. The molecule has 1 fully saturated rings. The number of likely N-dealkylation sites (tertiary alicyclic amines) is 1. The number of carbonyl (C=O) groups is 2. The van der Waals surface area contributed by atoms with Gasteiger partial charge in [-0.2, -0.15) is 0 Å². The summed E-state index contributed by atoms with van der Waals surface area (Å²) in [6, 6.07) is 0. The second-order valence-corrected chi connectivity index (χ2v) is 3.12. The van der Waals surface area contributed by atoms with Crippen molar-refractivity contribution in [3.63, 3.8) is 0 Å². The summed E-state index contributed by atoms with van der Waals surface area (Å²) in [5, 5.41) is 0. The van der Waals surface area contributed by atoms with Crippen LogP contribution in [0.15, 0.2) is 0 Å². The summed E-state index contributed by atoms with van der Waals surface area (Å²) in [7, 11) is 0. The predicted molar refractivity (Wildman–Crippen MR) is 47.3 cm³/mol. The van der Waals surface area contributed by atoms with Crippen molar-refractivity contribution in [3.8, 4) is 0 Å². The lowest BCUT2D eigenvalue weighted by Gasteiger charge is -2.24. The van der Waals surface area contributed by atoms with Crippen molar-refractivity contribution in [3.05, 3.63) is 0 Å². The number of hydrogen-bond donors (Lipinski definition) is 0. The fourth-order valence-electron chi connectivity index (χ4n) is 1.35. The molecule has 1 heterocycles. The van der Waals surface area contributed by atoms with Crippen LogP contribution in [0.4, 0.5) is 0 Å². The minimum atomic E-state index is -0.197. The topological polar surface area (TPSA) is 46.6 Å². The van der Waals surface area contributed by atoms with Crippen LogP contribution in [0.3, 0.4) is 0 Å². The normalized spacial score (nSPS) is 18.7. The molecule has 0 unspecified atom stereocenters. The summed E-state index contributed by atoms with van der Waals surface area (Å²) in [4.78, 5) is 23.9. The van der Waals surface area contributed by atoms with Gasteiger partial charge in [-0.15, -0.1) is 0 Å². The van der Waals surface area contributed by atoms with E-state index in [0.29, 0.717) is 44.9 Å². The van der Waals surface area contributed by atoms with Crippen LogP contribution in [0, 0.1) is 0 Å². The zero-order valence-corrected chi connectivity index (χ0v) is 7.91. The summed E-state index contributed by atoms with van der Waals surface area (Å²) < 4.78 is 4.81. The summed E-state index contributed by atoms with van der Waals surface area (Å²) in [5.74, 6) is 0.0944. The average molecular weight is 185 g/mol. The first-order valence-electron chi connectivity index (χ1n) is 4.62. The van der Waals surface area contributed by atoms with Crippen molar-refractivity contribution in [1.29, 1.82) is 0 Å². The van der Waals surface area contributed by atoms with Gasteiger partial charge in [-0.3, -0.25) is 14.5 Å². The Bertz CT molecular complexity index is 193. The highest BCUT2D eigenvalue weighted by molar-refractivity contribution is 5.80. The standard InChI is InChI=1S/C9H15NO3/c1-2-13-9(12)7-10-5-3-8(11)4-6-10/h2-7H2,1H3. The van der Waals surface area contributed by atoms with Crippen LogP contribution < -0.4 is 0 Å². The molecule has 1 aliphatic heterocycles. The van der Waals surface area contributed by atoms with E-state index >= 15 is 0 Å². The fraction of sp³-hybridized carbons (Fsp3) is 0.778. The smallest absolute Gasteiger partial charge is 0.320 e. The zero-order chi connectivity index (χ0) is 9.68. The Kier molecular flexibility index (Phi) is 3.89. The summed E-state index contributed by atoms with van der Waals surface area (Å²) in [5.41, 5.74) is 0. The molecule has 0 N–H and O–H groups in total. The van der Waals surface area contributed by atoms with Crippen LogP contribution in [0.1, 0.15) is 19.8 Å². The van der Waals surface area contributed by atoms with Gasteiger partial charge in [0.15, 0.2) is 0 Å². The lowest BCUT2D eigenvalue weighted by molar-refractivity contribution is -0.145. The summed E-state index contributed by atoms with van der Waals surface area (Å²) >= 11 is 0. The Hall–Kier alpha value is -0.900. The minimum Gasteiger partial charge on any atom is -0.465 e. The fourth-order valence-corrected chi connectivity index (χ4v) is 1.35. The van der Waals surface area contributed by atoms with Gasteiger partial charge in [-0.1, -0.05) is 0 Å². The van der Waals surface area contributed by atoms with E-state index in [1.807, 2.05) is 4.90 Å². The Morgan fingerprint density at radius 1 is 1.46 bits per heavy atom.